The summed E-state index contributed by atoms with van der Waals surface area (Å²) in [5.74, 6) is -4.15. The lowest BCUT2D eigenvalue weighted by Gasteiger charge is -2.08. The van der Waals surface area contributed by atoms with Crippen molar-refractivity contribution < 1.29 is 13.2 Å². The maximum absolute atomic E-state index is 13.0. The lowest BCUT2D eigenvalue weighted by atomic mass is 10.2. The molecule has 18 heavy (non-hydrogen) atoms. The second kappa shape index (κ2) is 4.75. The number of rotatable bonds is 2. The molecule has 0 spiro atoms. The molecule has 6 heteroatoms. The summed E-state index contributed by atoms with van der Waals surface area (Å²) in [7, 11) is 0. The van der Waals surface area contributed by atoms with Crippen LogP contribution in [-0.4, -0.2) is 4.98 Å². The minimum atomic E-state index is -1.53. The van der Waals surface area contributed by atoms with Gasteiger partial charge in [0.15, 0.2) is 23.1 Å². The summed E-state index contributed by atoms with van der Waals surface area (Å²) >= 11 is 0. The van der Waals surface area contributed by atoms with E-state index in [4.69, 9.17) is 5.26 Å². The van der Waals surface area contributed by atoms with E-state index < -0.39 is 17.5 Å². The molecule has 0 radical (unpaired) electrons. The Balaban J connectivity index is 2.38. The zero-order valence-electron chi connectivity index (χ0n) is 8.92. The topological polar surface area (TPSA) is 48.7 Å². The summed E-state index contributed by atoms with van der Waals surface area (Å²) in [5.41, 5.74) is 0.351. The van der Waals surface area contributed by atoms with E-state index in [9.17, 15) is 13.2 Å². The SMILES string of the molecule is N#Cc1ncccc1Nc1cc(F)c(F)c(F)c1. The van der Waals surface area contributed by atoms with Gasteiger partial charge in [-0.3, -0.25) is 0 Å². The molecule has 0 amide bonds. The lowest BCUT2D eigenvalue weighted by Crippen LogP contribution is -1.98. The second-order valence-electron chi connectivity index (χ2n) is 3.39. The van der Waals surface area contributed by atoms with Gasteiger partial charge in [-0.2, -0.15) is 5.26 Å². The summed E-state index contributed by atoms with van der Waals surface area (Å²) in [4.78, 5) is 3.77. The first-order valence-electron chi connectivity index (χ1n) is 4.88. The van der Waals surface area contributed by atoms with Crippen molar-refractivity contribution in [2.45, 2.75) is 0 Å². The quantitative estimate of drug-likeness (QED) is 0.832. The molecule has 2 rings (SSSR count). The largest absolute Gasteiger partial charge is 0.353 e. The molecule has 0 saturated heterocycles. The van der Waals surface area contributed by atoms with E-state index in [1.54, 1.807) is 6.07 Å². The number of halogens is 3. The van der Waals surface area contributed by atoms with Gasteiger partial charge in [-0.1, -0.05) is 0 Å². The van der Waals surface area contributed by atoms with Crippen LogP contribution in [0.25, 0.3) is 0 Å². The van der Waals surface area contributed by atoms with Gasteiger partial charge >= 0.3 is 0 Å². The Morgan fingerprint density at radius 1 is 1.17 bits per heavy atom. The molecule has 0 atom stereocenters. The Bertz CT molecular complexity index is 612. The first-order chi connectivity index (χ1) is 8.61. The monoisotopic (exact) mass is 249 g/mol. The molecular weight excluding hydrogens is 243 g/mol. The molecule has 0 fully saturated rings. The van der Waals surface area contributed by atoms with Crippen molar-refractivity contribution in [3.63, 3.8) is 0 Å². The summed E-state index contributed by atoms with van der Waals surface area (Å²) in [6.07, 6.45) is 1.41. The molecule has 0 unspecified atom stereocenters. The standard InChI is InChI=1S/C12H6F3N3/c13-8-4-7(5-9(14)12(8)15)18-10-2-1-3-17-11(10)6-16/h1-5,18H. The molecule has 0 aliphatic rings. The number of pyridine rings is 1. The van der Waals surface area contributed by atoms with E-state index in [2.05, 4.69) is 10.3 Å². The van der Waals surface area contributed by atoms with E-state index >= 15 is 0 Å². The number of aromatic nitrogens is 1. The van der Waals surface area contributed by atoms with E-state index in [1.165, 1.54) is 12.3 Å². The number of hydrogen-bond donors (Lipinski definition) is 1. The maximum Gasteiger partial charge on any atom is 0.194 e. The Morgan fingerprint density at radius 3 is 2.44 bits per heavy atom. The van der Waals surface area contributed by atoms with Gasteiger partial charge in [0.25, 0.3) is 0 Å². The third kappa shape index (κ3) is 2.25. The van der Waals surface area contributed by atoms with E-state index in [0.29, 0.717) is 0 Å². The van der Waals surface area contributed by atoms with Crippen LogP contribution in [0.3, 0.4) is 0 Å². The second-order valence-corrected chi connectivity index (χ2v) is 3.39. The van der Waals surface area contributed by atoms with Crippen LogP contribution >= 0.6 is 0 Å². The van der Waals surface area contributed by atoms with Crippen LogP contribution in [0.2, 0.25) is 0 Å². The van der Waals surface area contributed by atoms with E-state index in [-0.39, 0.29) is 17.1 Å². The highest BCUT2D eigenvalue weighted by Gasteiger charge is 2.11. The molecular formula is C12H6F3N3. The number of nitrogens with zero attached hydrogens (tertiary/aromatic N) is 2. The minimum Gasteiger partial charge on any atom is -0.353 e. The third-order valence-electron chi connectivity index (χ3n) is 2.18. The maximum atomic E-state index is 13.0. The van der Waals surface area contributed by atoms with Gasteiger partial charge in [-0.15, -0.1) is 0 Å². The fourth-order valence-electron chi connectivity index (χ4n) is 1.38. The molecule has 2 aromatic rings. The Labute approximate surface area is 101 Å². The van der Waals surface area contributed by atoms with Crippen molar-refractivity contribution in [1.82, 2.24) is 4.98 Å². The summed E-state index contributed by atoms with van der Waals surface area (Å²) in [5, 5.41) is 11.4. The highest BCUT2D eigenvalue weighted by atomic mass is 19.2. The van der Waals surface area contributed by atoms with Gasteiger partial charge in [0, 0.05) is 24.0 Å². The number of anilines is 2. The lowest BCUT2D eigenvalue weighted by molar-refractivity contribution is 0.448. The summed E-state index contributed by atoms with van der Waals surface area (Å²) in [6, 6.07) is 6.49. The number of benzene rings is 1. The Morgan fingerprint density at radius 2 is 1.83 bits per heavy atom. The molecule has 0 aliphatic heterocycles. The zero-order valence-corrected chi connectivity index (χ0v) is 8.92. The van der Waals surface area contributed by atoms with Crippen LogP contribution in [0.15, 0.2) is 30.5 Å². The fourth-order valence-corrected chi connectivity index (χ4v) is 1.38. The number of nitriles is 1. The van der Waals surface area contributed by atoms with Crippen LogP contribution in [-0.2, 0) is 0 Å². The highest BCUT2D eigenvalue weighted by Crippen LogP contribution is 2.22. The first kappa shape index (κ1) is 11.9. The van der Waals surface area contributed by atoms with Crippen LogP contribution < -0.4 is 5.32 Å². The molecule has 0 aliphatic carbocycles. The smallest absolute Gasteiger partial charge is 0.194 e. The predicted octanol–water partition coefficient (Wildman–Crippen LogP) is 3.11. The summed E-state index contributed by atoms with van der Waals surface area (Å²) < 4.78 is 38.7. The minimum absolute atomic E-state index is 0.00380. The van der Waals surface area contributed by atoms with Gasteiger partial charge in [0.1, 0.15) is 6.07 Å². The van der Waals surface area contributed by atoms with Crippen molar-refractivity contribution >= 4 is 11.4 Å². The van der Waals surface area contributed by atoms with Gasteiger partial charge in [0.2, 0.25) is 0 Å². The number of nitrogens with one attached hydrogen (secondary N) is 1. The molecule has 1 aromatic carbocycles. The van der Waals surface area contributed by atoms with E-state index in [1.807, 2.05) is 6.07 Å². The van der Waals surface area contributed by atoms with Crippen molar-refractivity contribution in [3.05, 3.63) is 53.6 Å². The molecule has 0 bridgehead atoms. The van der Waals surface area contributed by atoms with Crippen LogP contribution in [0.1, 0.15) is 5.69 Å². The molecule has 90 valence electrons. The van der Waals surface area contributed by atoms with Gasteiger partial charge < -0.3 is 5.32 Å². The third-order valence-corrected chi connectivity index (χ3v) is 2.18. The van der Waals surface area contributed by atoms with Crippen molar-refractivity contribution in [2.75, 3.05) is 5.32 Å². The van der Waals surface area contributed by atoms with Gasteiger partial charge in [-0.05, 0) is 12.1 Å². The van der Waals surface area contributed by atoms with Crippen molar-refractivity contribution in [3.8, 4) is 6.07 Å². The zero-order chi connectivity index (χ0) is 13.1. The Kier molecular flexibility index (Phi) is 3.15. The van der Waals surface area contributed by atoms with E-state index in [0.717, 1.165) is 12.1 Å². The first-order valence-corrected chi connectivity index (χ1v) is 4.88. The molecule has 3 nitrogen and oxygen atoms in total. The average Bonchev–Trinajstić information content (AvgIpc) is 2.36. The van der Waals surface area contributed by atoms with Crippen molar-refractivity contribution in [1.29, 1.82) is 5.26 Å². The highest BCUT2D eigenvalue weighted by molar-refractivity contribution is 5.64. The van der Waals surface area contributed by atoms with Crippen molar-refractivity contribution in [2.24, 2.45) is 0 Å². The molecule has 1 heterocycles. The molecule has 0 saturated carbocycles. The molecule has 1 aromatic heterocycles. The van der Waals surface area contributed by atoms with Crippen LogP contribution in [0.5, 0.6) is 0 Å². The predicted molar refractivity (Wildman–Crippen MR) is 58.6 cm³/mol. The molecule has 1 N–H and O–H groups in total. The van der Waals surface area contributed by atoms with Crippen LogP contribution in [0.4, 0.5) is 24.5 Å². The fraction of sp³-hybridized carbons (Fsp3) is 0. The van der Waals surface area contributed by atoms with Gasteiger partial charge in [-0.25, -0.2) is 18.2 Å². The average molecular weight is 249 g/mol. The normalized spacial score (nSPS) is 9.89. The Hall–Kier alpha value is -2.55. The van der Waals surface area contributed by atoms with Crippen LogP contribution in [0, 0.1) is 28.8 Å². The van der Waals surface area contributed by atoms with Gasteiger partial charge in [0.05, 0.1) is 5.69 Å². The number of hydrogen-bond acceptors (Lipinski definition) is 3. The summed E-state index contributed by atoms with van der Waals surface area (Å²) in [6.45, 7) is 0.